The van der Waals surface area contributed by atoms with Crippen LogP contribution in [-0.2, 0) is 33.6 Å². The Kier molecular flexibility index (Phi) is 852. The summed E-state index contributed by atoms with van der Waals surface area (Å²) in [5.41, 5.74) is 0. The van der Waals surface area contributed by atoms with Crippen LogP contribution in [0, 0.1) is 0 Å². The van der Waals surface area contributed by atoms with E-state index in [0.29, 0.717) is 0 Å². The van der Waals surface area contributed by atoms with Crippen LogP contribution >= 0.6 is 0 Å². The van der Waals surface area contributed by atoms with Crippen molar-refractivity contribution in [2.45, 2.75) is 0 Å². The summed E-state index contributed by atoms with van der Waals surface area (Å²) >= 11 is 0. The molecule has 0 atom stereocenters. The molecule has 0 aliphatic carbocycles. The van der Waals surface area contributed by atoms with E-state index < -0.39 is 0 Å². The third-order valence-corrected chi connectivity index (χ3v) is 0. The van der Waals surface area contributed by atoms with Crippen molar-refractivity contribution in [1.29, 1.82) is 0 Å². The Hall–Kier alpha value is 0.933. The number of hydrogen-bond donors (Lipinski definition) is 1. The summed E-state index contributed by atoms with van der Waals surface area (Å²) in [4.78, 5) is 0. The van der Waals surface area contributed by atoms with Gasteiger partial charge in [0.25, 0.3) is 0 Å². The van der Waals surface area contributed by atoms with E-state index in [0.717, 1.165) is 0 Å². The second-order valence-electron chi connectivity index (χ2n) is 0. The minimum atomic E-state index is 0. The van der Waals surface area contributed by atoms with Gasteiger partial charge in [-0.25, -0.2) is 0 Å². The molecule has 0 rings (SSSR count). The quantitative estimate of drug-likeness (QED) is 0.490. The number of rotatable bonds is 0. The number of hydrogen-bond acceptors (Lipinski definition) is 1. The molecule has 0 saturated heterocycles. The zero-order valence-electron chi connectivity index (χ0n) is 2.14. The molecule has 33 valence electrons. The van der Waals surface area contributed by atoms with Gasteiger partial charge in [0, 0.05) is 33.6 Å². The molecule has 0 unspecified atom stereocenters. The van der Waals surface area contributed by atoms with Crippen molar-refractivity contribution < 1.29 is 39.0 Å². The Balaban J connectivity index is 0. The minimum absolute atomic E-state index is 0. The van der Waals surface area contributed by atoms with E-state index in [-0.39, 0.29) is 45.2 Å². The summed E-state index contributed by atoms with van der Waals surface area (Å²) in [5, 5.41) is 0. The van der Waals surface area contributed by atoms with Gasteiger partial charge in [-0.15, -0.1) is 0 Å². The third-order valence-electron chi connectivity index (χ3n) is 0. The van der Waals surface area contributed by atoms with Gasteiger partial charge in [0.1, 0.15) is 0 Å². The van der Waals surface area contributed by atoms with E-state index in [4.69, 9.17) is 0 Å². The molecule has 2 nitrogen and oxygen atoms in total. The largest absolute Gasteiger partial charge is 0.870 e. The van der Waals surface area contributed by atoms with Crippen LogP contribution in [-0.4, -0.2) is 5.48 Å². The second kappa shape index (κ2) is 38.9. The van der Waals surface area contributed by atoms with Crippen LogP contribution in [0.3, 0.4) is 0 Å². The van der Waals surface area contributed by atoms with Crippen LogP contribution in [0.1, 0.15) is 0 Å². The van der Waals surface area contributed by atoms with Crippen LogP contribution in [0.2, 0.25) is 0 Å². The molecule has 0 aliphatic heterocycles. The Labute approximate surface area is 45.6 Å². The molecular weight excluding hydrogens is 144 g/mol. The average molecular weight is 149 g/mol. The number of quaternary nitrogens is 1. The van der Waals surface area contributed by atoms with Crippen molar-refractivity contribution in [2.75, 3.05) is 0 Å². The third kappa shape index (κ3) is 12.6. The molecule has 0 bridgehead atoms. The molecule has 1 radical (unpaired) electrons. The molecule has 0 aromatic carbocycles. The fourth-order valence-electron chi connectivity index (χ4n) is 0. The Morgan fingerprint density at radius 2 is 1.00 bits per heavy atom. The van der Waals surface area contributed by atoms with Gasteiger partial charge in [-0.1, -0.05) is 0 Å². The molecule has 0 fully saturated rings. The van der Waals surface area contributed by atoms with Crippen LogP contribution in [0.15, 0.2) is 0 Å². The summed E-state index contributed by atoms with van der Waals surface area (Å²) in [6.07, 6.45) is 0. The van der Waals surface area contributed by atoms with E-state index in [9.17, 15) is 0 Å². The first-order chi connectivity index (χ1) is 0. The van der Waals surface area contributed by atoms with Crippen LogP contribution in [0.5, 0.6) is 0 Å². The van der Waals surface area contributed by atoms with Crippen LogP contribution in [0.4, 0.5) is 0 Å². The molecule has 4 heavy (non-hydrogen) atoms. The van der Waals surface area contributed by atoms with Gasteiger partial charge < -0.3 is 11.6 Å². The molecule has 0 spiro atoms. The fourth-order valence-corrected chi connectivity index (χ4v) is 0. The van der Waals surface area contributed by atoms with E-state index in [1.165, 1.54) is 0 Å². The van der Waals surface area contributed by atoms with Crippen molar-refractivity contribution in [2.24, 2.45) is 0 Å². The summed E-state index contributed by atoms with van der Waals surface area (Å²) in [7, 11) is 0. The molecule has 4 heteroatoms. The topological polar surface area (TPSA) is 66.5 Å². The average Bonchev–Trinajstić information content (AvgIpc) is 0. The van der Waals surface area contributed by atoms with Gasteiger partial charge in [-0.3, -0.25) is 0 Å². The maximum absolute atomic E-state index is 0. The Bertz CT molecular complexity index is 8.00. The first-order valence-corrected chi connectivity index (χ1v) is 0. The maximum atomic E-state index is 0. The molecule has 0 aromatic rings. The van der Waals surface area contributed by atoms with Gasteiger partial charge in [-0.2, -0.15) is 0 Å². The van der Waals surface area contributed by atoms with Gasteiger partial charge in [0.15, 0.2) is 0 Å². The molecule has 0 heterocycles. The standard InChI is InChI=1S/Mn.H3N.Ni.H2O/h;1H3;;1H2. The molecule has 0 aromatic heterocycles. The zero-order valence-corrected chi connectivity index (χ0v) is 4.31. The van der Waals surface area contributed by atoms with Crippen molar-refractivity contribution in [3.8, 4) is 0 Å². The van der Waals surface area contributed by atoms with Crippen molar-refractivity contribution in [3.05, 3.63) is 0 Å². The normalized spacial score (nSPS) is 0. The smallest absolute Gasteiger partial charge is 0 e. The van der Waals surface area contributed by atoms with Gasteiger partial charge in [0.05, 0.1) is 0 Å². The summed E-state index contributed by atoms with van der Waals surface area (Å²) in [6, 6.07) is 0. The van der Waals surface area contributed by atoms with Crippen molar-refractivity contribution in [1.82, 2.24) is 6.15 Å². The van der Waals surface area contributed by atoms with Crippen LogP contribution in [0.25, 0.3) is 0 Å². The molecular formula is H5MnNNiO. The second-order valence-corrected chi connectivity index (χ2v) is 0. The SMILES string of the molecule is [Mn].[NH4+].[Ni].[OH-]. The summed E-state index contributed by atoms with van der Waals surface area (Å²) in [5.74, 6) is 0. The van der Waals surface area contributed by atoms with Gasteiger partial charge >= 0.3 is 0 Å². The maximum Gasteiger partial charge on any atom is 0 e. The Morgan fingerprint density at radius 3 is 1.00 bits per heavy atom. The zero-order chi connectivity index (χ0) is 0. The van der Waals surface area contributed by atoms with E-state index in [1.807, 2.05) is 0 Å². The summed E-state index contributed by atoms with van der Waals surface area (Å²) < 4.78 is 0. The van der Waals surface area contributed by atoms with Gasteiger partial charge in [-0.05, 0) is 0 Å². The fraction of sp³-hybridized carbons (Fsp3) is 0. The van der Waals surface area contributed by atoms with Crippen molar-refractivity contribution in [3.63, 3.8) is 0 Å². The van der Waals surface area contributed by atoms with E-state index in [2.05, 4.69) is 0 Å². The van der Waals surface area contributed by atoms with Gasteiger partial charge in [0.2, 0.25) is 0 Å². The molecule has 0 amide bonds. The first-order valence-electron chi connectivity index (χ1n) is 0. The molecule has 0 aliphatic rings. The first kappa shape index (κ1) is 87.7. The Morgan fingerprint density at radius 1 is 1.00 bits per heavy atom. The predicted octanol–water partition coefficient (Wildman–Crippen LogP) is 0.194. The predicted molar refractivity (Wildman–Crippen MR) is 7.92 cm³/mol. The summed E-state index contributed by atoms with van der Waals surface area (Å²) in [6.45, 7) is 0. The van der Waals surface area contributed by atoms with E-state index >= 15 is 0 Å². The monoisotopic (exact) mass is 148 g/mol. The molecule has 5 N–H and O–H groups in total. The van der Waals surface area contributed by atoms with E-state index in [1.54, 1.807) is 0 Å². The minimum Gasteiger partial charge on any atom is -0.870 e. The van der Waals surface area contributed by atoms with Crippen LogP contribution < -0.4 is 6.15 Å². The van der Waals surface area contributed by atoms with Crippen molar-refractivity contribution >= 4 is 0 Å². The molecule has 0 saturated carbocycles.